The first-order chi connectivity index (χ1) is 6.65. The van der Waals surface area contributed by atoms with E-state index >= 15 is 0 Å². The van der Waals surface area contributed by atoms with E-state index in [0.717, 1.165) is 0 Å². The summed E-state index contributed by atoms with van der Waals surface area (Å²) in [6.07, 6.45) is -2.24. The third-order valence-electron chi connectivity index (χ3n) is 1.44. The molecular weight excluding hydrogens is 272 g/mol. The fourth-order valence-corrected chi connectivity index (χ4v) is 2.09. The molecular formula is C6H7BrN4O2S. The summed E-state index contributed by atoms with van der Waals surface area (Å²) >= 11 is 4.34. The molecule has 0 radical (unpaired) electrons. The Morgan fingerprint density at radius 1 is 1.71 bits per heavy atom. The zero-order valence-electron chi connectivity index (χ0n) is 6.91. The lowest BCUT2D eigenvalue weighted by molar-refractivity contribution is 0.0242. The molecule has 1 aromatic rings. The Morgan fingerprint density at radius 3 is 2.93 bits per heavy atom. The Kier molecular flexibility index (Phi) is 4.30. The maximum Gasteiger partial charge on any atom is 0.131 e. The first-order valence-electron chi connectivity index (χ1n) is 3.63. The smallest absolute Gasteiger partial charge is 0.131 e. The van der Waals surface area contributed by atoms with Crippen molar-refractivity contribution in [2.24, 2.45) is 5.11 Å². The van der Waals surface area contributed by atoms with Gasteiger partial charge in [0.15, 0.2) is 0 Å². The van der Waals surface area contributed by atoms with E-state index in [1.807, 2.05) is 0 Å². The molecule has 0 amide bonds. The summed E-state index contributed by atoms with van der Waals surface area (Å²) < 4.78 is 0.604. The number of halogens is 1. The number of hydrogen-bond donors (Lipinski definition) is 2. The minimum absolute atomic E-state index is 0.172. The summed E-state index contributed by atoms with van der Waals surface area (Å²) in [6, 6.07) is 0. The van der Waals surface area contributed by atoms with Gasteiger partial charge < -0.3 is 10.2 Å². The molecule has 0 saturated heterocycles. The second-order valence-corrected chi connectivity index (χ2v) is 4.14. The molecule has 0 aliphatic carbocycles. The summed E-state index contributed by atoms with van der Waals surface area (Å²) in [5.74, 6) is 0. The highest BCUT2D eigenvalue weighted by molar-refractivity contribution is 9.10. The van der Waals surface area contributed by atoms with Gasteiger partial charge in [-0.25, -0.2) is 4.98 Å². The standard InChI is InChI=1S/C6H7BrN4O2S/c7-4-2-14-6(10-4)5(13)3(12)1-9-11-8/h2-3,5,12-13H,1H2. The van der Waals surface area contributed by atoms with Crippen molar-refractivity contribution in [3.63, 3.8) is 0 Å². The van der Waals surface area contributed by atoms with Gasteiger partial charge in [0.25, 0.3) is 0 Å². The van der Waals surface area contributed by atoms with Crippen LogP contribution in [0.4, 0.5) is 0 Å². The van der Waals surface area contributed by atoms with E-state index in [-0.39, 0.29) is 6.54 Å². The molecule has 6 nitrogen and oxygen atoms in total. The van der Waals surface area contributed by atoms with Crippen molar-refractivity contribution in [2.75, 3.05) is 6.54 Å². The number of aromatic nitrogens is 1. The summed E-state index contributed by atoms with van der Waals surface area (Å²) in [5.41, 5.74) is 8.02. The van der Waals surface area contributed by atoms with Gasteiger partial charge in [-0.3, -0.25) is 0 Å². The van der Waals surface area contributed by atoms with Crippen LogP contribution in [0.5, 0.6) is 0 Å². The number of hydrogen-bond acceptors (Lipinski definition) is 5. The number of aliphatic hydroxyl groups excluding tert-OH is 2. The average molecular weight is 279 g/mol. The average Bonchev–Trinajstić information content (AvgIpc) is 2.60. The Balaban J connectivity index is 2.64. The summed E-state index contributed by atoms with van der Waals surface area (Å²) in [7, 11) is 0. The SMILES string of the molecule is [N-]=[N+]=NCC(O)C(O)c1nc(Br)cs1. The van der Waals surface area contributed by atoms with Crippen LogP contribution in [-0.2, 0) is 0 Å². The molecule has 2 N–H and O–H groups in total. The molecule has 1 rings (SSSR count). The van der Waals surface area contributed by atoms with Gasteiger partial charge >= 0.3 is 0 Å². The molecule has 2 unspecified atom stereocenters. The lowest BCUT2D eigenvalue weighted by Gasteiger charge is -2.12. The molecule has 0 aliphatic heterocycles. The van der Waals surface area contributed by atoms with Crippen LogP contribution in [0.3, 0.4) is 0 Å². The Labute approximate surface area is 92.0 Å². The minimum atomic E-state index is -1.12. The van der Waals surface area contributed by atoms with Crippen LogP contribution in [0, 0.1) is 0 Å². The number of rotatable bonds is 4. The summed E-state index contributed by atoms with van der Waals surface area (Å²) in [5, 5.41) is 24.1. The van der Waals surface area contributed by atoms with E-state index in [9.17, 15) is 10.2 Å². The summed E-state index contributed by atoms with van der Waals surface area (Å²) in [4.78, 5) is 6.41. The molecule has 1 heterocycles. The van der Waals surface area contributed by atoms with Crippen LogP contribution < -0.4 is 0 Å². The minimum Gasteiger partial charge on any atom is -0.390 e. The van der Waals surface area contributed by atoms with E-state index in [2.05, 4.69) is 30.9 Å². The van der Waals surface area contributed by atoms with Crippen molar-refractivity contribution in [1.82, 2.24) is 4.98 Å². The molecule has 14 heavy (non-hydrogen) atoms. The molecule has 8 heteroatoms. The fraction of sp³-hybridized carbons (Fsp3) is 0.500. The number of nitrogens with zero attached hydrogens (tertiary/aromatic N) is 4. The third-order valence-corrected chi connectivity index (χ3v) is 3.07. The highest BCUT2D eigenvalue weighted by atomic mass is 79.9. The quantitative estimate of drug-likeness (QED) is 0.497. The Hall–Kier alpha value is -0.660. The fourth-order valence-electron chi connectivity index (χ4n) is 0.787. The van der Waals surface area contributed by atoms with E-state index in [4.69, 9.17) is 5.53 Å². The highest BCUT2D eigenvalue weighted by Crippen LogP contribution is 2.23. The van der Waals surface area contributed by atoms with Crippen molar-refractivity contribution in [3.05, 3.63) is 25.4 Å². The first-order valence-corrected chi connectivity index (χ1v) is 5.30. The predicted molar refractivity (Wildman–Crippen MR) is 54.8 cm³/mol. The normalized spacial score (nSPS) is 14.5. The molecule has 1 aromatic heterocycles. The van der Waals surface area contributed by atoms with Crippen molar-refractivity contribution in [1.29, 1.82) is 0 Å². The van der Waals surface area contributed by atoms with Crippen LogP contribution in [-0.4, -0.2) is 27.8 Å². The Bertz CT molecular complexity index is 351. The largest absolute Gasteiger partial charge is 0.390 e. The number of thiazole rings is 1. The third kappa shape index (κ3) is 2.93. The van der Waals surface area contributed by atoms with E-state index in [1.54, 1.807) is 5.38 Å². The van der Waals surface area contributed by atoms with Crippen molar-refractivity contribution in [3.8, 4) is 0 Å². The number of aliphatic hydroxyl groups is 2. The zero-order valence-corrected chi connectivity index (χ0v) is 9.31. The van der Waals surface area contributed by atoms with Gasteiger partial charge in [0, 0.05) is 10.3 Å². The molecule has 2 atom stereocenters. The molecule has 0 fully saturated rings. The molecule has 0 spiro atoms. The van der Waals surface area contributed by atoms with E-state index < -0.39 is 12.2 Å². The van der Waals surface area contributed by atoms with Gasteiger partial charge in [-0.15, -0.1) is 11.3 Å². The van der Waals surface area contributed by atoms with E-state index in [1.165, 1.54) is 11.3 Å². The second kappa shape index (κ2) is 5.28. The topological polar surface area (TPSA) is 102 Å². The van der Waals surface area contributed by atoms with Crippen molar-refractivity contribution in [2.45, 2.75) is 12.2 Å². The lowest BCUT2D eigenvalue weighted by atomic mass is 10.2. The molecule has 0 aromatic carbocycles. The van der Waals surface area contributed by atoms with Gasteiger partial charge in [-0.05, 0) is 21.5 Å². The molecule has 0 aliphatic rings. The van der Waals surface area contributed by atoms with Gasteiger partial charge in [-0.1, -0.05) is 5.11 Å². The highest BCUT2D eigenvalue weighted by Gasteiger charge is 2.20. The molecule has 0 saturated carbocycles. The maximum absolute atomic E-state index is 9.52. The maximum atomic E-state index is 9.52. The zero-order chi connectivity index (χ0) is 10.6. The van der Waals surface area contributed by atoms with E-state index in [0.29, 0.717) is 9.61 Å². The Morgan fingerprint density at radius 2 is 2.43 bits per heavy atom. The van der Waals surface area contributed by atoms with Crippen LogP contribution in [0.25, 0.3) is 10.4 Å². The van der Waals surface area contributed by atoms with Crippen LogP contribution in [0.2, 0.25) is 0 Å². The second-order valence-electron chi connectivity index (χ2n) is 2.43. The van der Waals surface area contributed by atoms with Crippen molar-refractivity contribution >= 4 is 27.3 Å². The first kappa shape index (κ1) is 11.4. The monoisotopic (exact) mass is 278 g/mol. The van der Waals surface area contributed by atoms with Gasteiger partial charge in [0.2, 0.25) is 0 Å². The summed E-state index contributed by atoms with van der Waals surface area (Å²) in [6.45, 7) is -0.172. The van der Waals surface area contributed by atoms with Gasteiger partial charge in [-0.2, -0.15) is 0 Å². The lowest BCUT2D eigenvalue weighted by Crippen LogP contribution is -2.20. The van der Waals surface area contributed by atoms with Crippen molar-refractivity contribution < 1.29 is 10.2 Å². The van der Waals surface area contributed by atoms with Gasteiger partial charge in [0.05, 0.1) is 12.6 Å². The van der Waals surface area contributed by atoms with Crippen LogP contribution >= 0.6 is 27.3 Å². The molecule has 0 bridgehead atoms. The van der Waals surface area contributed by atoms with Crippen LogP contribution in [0.15, 0.2) is 15.1 Å². The predicted octanol–water partition coefficient (Wildman–Crippen LogP) is 1.61. The molecule has 76 valence electrons. The van der Waals surface area contributed by atoms with Gasteiger partial charge in [0.1, 0.15) is 15.7 Å². The number of azide groups is 1. The van der Waals surface area contributed by atoms with Crippen LogP contribution in [0.1, 0.15) is 11.1 Å².